The fourth-order valence-electron chi connectivity index (χ4n) is 2.54. The Morgan fingerprint density at radius 2 is 1.24 bits per heavy atom. The molecule has 0 atom stereocenters. The van der Waals surface area contributed by atoms with Gasteiger partial charge in [-0.1, -0.05) is 129 Å². The molecule has 0 aromatic heterocycles. The summed E-state index contributed by atoms with van der Waals surface area (Å²) >= 11 is 0. The Kier molecular flexibility index (Phi) is 39.9. The molecule has 2 rings (SSSR count). The van der Waals surface area contributed by atoms with Crippen molar-refractivity contribution in [2.75, 3.05) is 26.7 Å². The fraction of sp³-hybridized carbons (Fsp3) is 0.484. The van der Waals surface area contributed by atoms with Crippen molar-refractivity contribution in [1.82, 2.24) is 10.2 Å². The average molecular weight is 471 g/mol. The second-order valence-electron chi connectivity index (χ2n) is 6.30. The van der Waals surface area contributed by atoms with E-state index in [1.54, 1.807) is 0 Å². The maximum atomic E-state index is 9.33. The van der Waals surface area contributed by atoms with Crippen LogP contribution in [0.4, 0.5) is 0 Å². The maximum absolute atomic E-state index is 9.33. The lowest BCUT2D eigenvalue weighted by Gasteiger charge is -2.23. The lowest BCUT2D eigenvalue weighted by atomic mass is 10.1. The summed E-state index contributed by atoms with van der Waals surface area (Å²) in [6.07, 6.45) is 12.4. The lowest BCUT2D eigenvalue weighted by Crippen LogP contribution is -2.31. The van der Waals surface area contributed by atoms with Gasteiger partial charge in [0.05, 0.1) is 6.61 Å². The second kappa shape index (κ2) is 35.1. The van der Waals surface area contributed by atoms with Crippen molar-refractivity contribution >= 4 is 0 Å². The minimum atomic E-state index is 0.169. The standard InChI is InChI=1S/C20H26N2O.C3H8.3C2H6.C2H2/c1-21-20(13-12-18-8-4-2-5-9-18)17-22(14-15-23)16-19-10-6-3-7-11-19;1-3-2;4*1-2/h2-11,13,21,23H,12,14-17H2,1H3;3H2,1-2H3;3*1-2H3;1-2H/b20-13-;;;;;. The minimum absolute atomic E-state index is 0.169. The summed E-state index contributed by atoms with van der Waals surface area (Å²) in [7, 11) is 1.95. The molecule has 0 spiro atoms. The molecule has 2 aromatic rings. The summed E-state index contributed by atoms with van der Waals surface area (Å²) in [5, 5.41) is 12.6. The normalized spacial score (nSPS) is 9.03. The van der Waals surface area contributed by atoms with Crippen molar-refractivity contribution in [2.45, 2.75) is 74.8 Å². The van der Waals surface area contributed by atoms with E-state index in [4.69, 9.17) is 0 Å². The predicted octanol–water partition coefficient (Wildman–Crippen LogP) is 7.57. The van der Waals surface area contributed by atoms with Crippen LogP contribution in [0.25, 0.3) is 0 Å². The zero-order valence-corrected chi connectivity index (χ0v) is 23.6. The topological polar surface area (TPSA) is 35.5 Å². The molecular formula is C31H54N2O. The van der Waals surface area contributed by atoms with E-state index in [0.29, 0.717) is 6.54 Å². The smallest absolute Gasteiger partial charge is 0.0558 e. The second-order valence-corrected chi connectivity index (χ2v) is 6.30. The van der Waals surface area contributed by atoms with Gasteiger partial charge in [-0.25, -0.2) is 0 Å². The number of aliphatic hydroxyl groups is 1. The molecule has 0 saturated heterocycles. The van der Waals surface area contributed by atoms with Crippen LogP contribution in [0.3, 0.4) is 0 Å². The number of nitrogens with zero attached hydrogens (tertiary/aromatic N) is 1. The van der Waals surface area contributed by atoms with Gasteiger partial charge in [0.25, 0.3) is 0 Å². The van der Waals surface area contributed by atoms with Gasteiger partial charge in [-0.2, -0.15) is 0 Å². The summed E-state index contributed by atoms with van der Waals surface area (Å²) in [6.45, 7) is 18.7. The molecule has 0 radical (unpaired) electrons. The SMILES string of the molecule is C#C.CC.CC.CC.CCC.CN/C(=C\Cc1ccccc1)CN(CCO)Cc1ccccc1. The van der Waals surface area contributed by atoms with E-state index in [1.807, 2.05) is 60.7 Å². The molecule has 0 saturated carbocycles. The van der Waals surface area contributed by atoms with Gasteiger partial charge < -0.3 is 10.4 Å². The third kappa shape index (κ3) is 24.1. The summed E-state index contributed by atoms with van der Waals surface area (Å²) in [5.74, 6) is 0. The van der Waals surface area contributed by atoms with Crippen LogP contribution in [0.2, 0.25) is 0 Å². The van der Waals surface area contributed by atoms with Gasteiger partial charge in [0.15, 0.2) is 0 Å². The van der Waals surface area contributed by atoms with Crippen molar-refractivity contribution in [3.63, 3.8) is 0 Å². The average Bonchev–Trinajstić information content (AvgIpc) is 2.93. The Balaban J connectivity index is -0.000000356. The van der Waals surface area contributed by atoms with Crippen LogP contribution in [0, 0.1) is 12.8 Å². The zero-order valence-electron chi connectivity index (χ0n) is 23.6. The van der Waals surface area contributed by atoms with Crippen molar-refractivity contribution in [3.05, 3.63) is 83.6 Å². The van der Waals surface area contributed by atoms with Gasteiger partial charge in [0.2, 0.25) is 0 Å². The highest BCUT2D eigenvalue weighted by molar-refractivity contribution is 5.19. The van der Waals surface area contributed by atoms with E-state index in [0.717, 1.165) is 19.5 Å². The first-order valence-electron chi connectivity index (χ1n) is 12.8. The number of hydrogen-bond donors (Lipinski definition) is 2. The van der Waals surface area contributed by atoms with E-state index in [-0.39, 0.29) is 6.61 Å². The van der Waals surface area contributed by atoms with Gasteiger partial charge in [-0.15, -0.1) is 12.8 Å². The van der Waals surface area contributed by atoms with E-state index in [9.17, 15) is 5.11 Å². The summed E-state index contributed by atoms with van der Waals surface area (Å²) in [6, 6.07) is 20.8. The summed E-state index contributed by atoms with van der Waals surface area (Å²) < 4.78 is 0. The van der Waals surface area contributed by atoms with Gasteiger partial charge >= 0.3 is 0 Å². The monoisotopic (exact) mass is 470 g/mol. The third-order valence-electron chi connectivity index (χ3n) is 3.81. The molecule has 0 heterocycles. The first-order valence-corrected chi connectivity index (χ1v) is 12.8. The molecule has 2 N–H and O–H groups in total. The number of aliphatic hydroxyl groups excluding tert-OH is 1. The predicted molar refractivity (Wildman–Crippen MR) is 156 cm³/mol. The Morgan fingerprint density at radius 1 is 0.824 bits per heavy atom. The lowest BCUT2D eigenvalue weighted by molar-refractivity contribution is 0.199. The van der Waals surface area contributed by atoms with E-state index in [2.05, 4.69) is 91.5 Å². The number of benzene rings is 2. The van der Waals surface area contributed by atoms with Gasteiger partial charge in [0, 0.05) is 32.4 Å². The number of nitrogens with one attached hydrogen (secondary N) is 1. The van der Waals surface area contributed by atoms with Crippen LogP contribution in [-0.4, -0.2) is 36.8 Å². The molecule has 2 aromatic carbocycles. The molecule has 0 aliphatic heterocycles. The number of likely N-dealkylation sites (N-methyl/N-ethyl adjacent to an activating group) is 1. The fourth-order valence-corrected chi connectivity index (χ4v) is 2.54. The van der Waals surface area contributed by atoms with Crippen molar-refractivity contribution in [2.24, 2.45) is 0 Å². The summed E-state index contributed by atoms with van der Waals surface area (Å²) in [5.41, 5.74) is 3.75. The highest BCUT2D eigenvalue weighted by atomic mass is 16.3. The molecule has 34 heavy (non-hydrogen) atoms. The molecule has 0 amide bonds. The van der Waals surface area contributed by atoms with Gasteiger partial charge in [-0.3, -0.25) is 4.90 Å². The number of hydrogen-bond acceptors (Lipinski definition) is 3. The number of rotatable bonds is 9. The largest absolute Gasteiger partial charge is 0.395 e. The Bertz CT molecular complexity index is 636. The van der Waals surface area contributed by atoms with Crippen LogP contribution in [-0.2, 0) is 13.0 Å². The van der Waals surface area contributed by atoms with Crippen LogP contribution < -0.4 is 5.32 Å². The minimum Gasteiger partial charge on any atom is -0.395 e. The van der Waals surface area contributed by atoms with Crippen molar-refractivity contribution in [3.8, 4) is 12.8 Å². The number of allylic oxidation sites excluding steroid dienone is 1. The van der Waals surface area contributed by atoms with E-state index < -0.39 is 0 Å². The van der Waals surface area contributed by atoms with E-state index in [1.165, 1.54) is 23.2 Å². The van der Waals surface area contributed by atoms with Crippen LogP contribution in [0.15, 0.2) is 72.4 Å². The third-order valence-corrected chi connectivity index (χ3v) is 3.81. The first kappa shape index (κ1) is 38.7. The molecule has 194 valence electrons. The van der Waals surface area contributed by atoms with Crippen LogP contribution >= 0.6 is 0 Å². The highest BCUT2D eigenvalue weighted by Gasteiger charge is 2.07. The van der Waals surface area contributed by atoms with E-state index >= 15 is 0 Å². The van der Waals surface area contributed by atoms with Crippen molar-refractivity contribution < 1.29 is 5.11 Å². The highest BCUT2D eigenvalue weighted by Crippen LogP contribution is 2.07. The number of terminal acetylenes is 1. The molecule has 0 aliphatic carbocycles. The molecular weight excluding hydrogens is 416 g/mol. The Morgan fingerprint density at radius 3 is 1.62 bits per heavy atom. The Hall–Kier alpha value is -2.54. The molecule has 0 unspecified atom stereocenters. The molecule has 3 heteroatoms. The molecule has 0 aliphatic rings. The van der Waals surface area contributed by atoms with Gasteiger partial charge in [0.1, 0.15) is 0 Å². The molecule has 0 fully saturated rings. The first-order chi connectivity index (χ1) is 16.7. The van der Waals surface area contributed by atoms with Crippen molar-refractivity contribution in [1.29, 1.82) is 0 Å². The molecule has 0 bridgehead atoms. The zero-order chi connectivity index (χ0) is 27.0. The van der Waals surface area contributed by atoms with Gasteiger partial charge in [-0.05, 0) is 17.5 Å². The quantitative estimate of drug-likeness (QED) is 0.371. The maximum Gasteiger partial charge on any atom is 0.0558 e. The molecule has 3 nitrogen and oxygen atoms in total. The Labute approximate surface area is 213 Å². The summed E-state index contributed by atoms with van der Waals surface area (Å²) in [4.78, 5) is 2.25. The van der Waals surface area contributed by atoms with Crippen LogP contribution in [0.5, 0.6) is 0 Å². The van der Waals surface area contributed by atoms with Crippen LogP contribution in [0.1, 0.15) is 72.9 Å².